The number of rotatable bonds is 21. The molecule has 2 aromatic rings. The lowest BCUT2D eigenvalue weighted by Crippen LogP contribution is -2.15. The molecule has 2 nitrogen and oxygen atoms in total. The third-order valence-corrected chi connectivity index (χ3v) is 11.5. The molecule has 0 atom stereocenters. The van der Waals surface area contributed by atoms with Gasteiger partial charge < -0.3 is 9.47 Å². The molecule has 0 spiro atoms. The van der Waals surface area contributed by atoms with Crippen molar-refractivity contribution < 1.29 is 27.0 Å². The Morgan fingerprint density at radius 1 is 0.451 bits per heavy atom. The smallest absolute Gasteiger partial charge is 0.200 e. The summed E-state index contributed by atoms with van der Waals surface area (Å²) < 4.78 is 68.7. The summed E-state index contributed by atoms with van der Waals surface area (Å²) >= 11 is 0. The molecule has 2 fully saturated rings. The van der Waals surface area contributed by atoms with Gasteiger partial charge in [0.05, 0.1) is 13.2 Å². The Morgan fingerprint density at radius 2 is 0.843 bits per heavy atom. The SMILES string of the molecule is CCCCCCCCOc1ccc(C2CCC(CC)CC2)c(F)c1F.CCCCCCCCOc1ccc(C2CCC(CCC)CC2)c(F)c1F. The first kappa shape index (κ1) is 43.2. The van der Waals surface area contributed by atoms with Crippen LogP contribution in [0.5, 0.6) is 11.5 Å². The third-order valence-electron chi connectivity index (χ3n) is 11.5. The molecule has 4 rings (SSSR count). The van der Waals surface area contributed by atoms with Gasteiger partial charge in [-0.3, -0.25) is 0 Å². The van der Waals surface area contributed by atoms with Crippen LogP contribution in [-0.4, -0.2) is 13.2 Å². The van der Waals surface area contributed by atoms with Crippen molar-refractivity contribution >= 4 is 0 Å². The van der Waals surface area contributed by atoms with Gasteiger partial charge in [-0.05, 0) is 111 Å². The van der Waals surface area contributed by atoms with Crippen molar-refractivity contribution in [3.05, 3.63) is 58.7 Å². The molecule has 2 saturated carbocycles. The fourth-order valence-electron chi connectivity index (χ4n) is 8.13. The van der Waals surface area contributed by atoms with Gasteiger partial charge in [0.2, 0.25) is 11.6 Å². The van der Waals surface area contributed by atoms with E-state index in [1.807, 2.05) is 0 Å². The van der Waals surface area contributed by atoms with E-state index in [1.165, 1.54) is 70.6 Å². The summed E-state index contributed by atoms with van der Waals surface area (Å²) in [6, 6.07) is 6.74. The zero-order chi connectivity index (χ0) is 36.8. The Morgan fingerprint density at radius 3 is 1.24 bits per heavy atom. The number of benzene rings is 2. The van der Waals surface area contributed by atoms with E-state index in [-0.39, 0.29) is 23.3 Å². The van der Waals surface area contributed by atoms with Gasteiger partial charge >= 0.3 is 0 Å². The molecule has 2 aliphatic carbocycles. The highest BCUT2D eigenvalue weighted by molar-refractivity contribution is 5.34. The van der Waals surface area contributed by atoms with E-state index in [1.54, 1.807) is 24.3 Å². The molecule has 0 amide bonds. The fourth-order valence-corrected chi connectivity index (χ4v) is 8.13. The van der Waals surface area contributed by atoms with E-state index in [0.29, 0.717) is 24.3 Å². The zero-order valence-corrected chi connectivity index (χ0v) is 32.6. The molecule has 0 bridgehead atoms. The van der Waals surface area contributed by atoms with E-state index in [0.717, 1.165) is 88.9 Å². The Balaban J connectivity index is 0.000000276. The van der Waals surface area contributed by atoms with Crippen molar-refractivity contribution in [2.24, 2.45) is 11.8 Å². The van der Waals surface area contributed by atoms with Crippen molar-refractivity contribution in [2.75, 3.05) is 13.2 Å². The average Bonchev–Trinajstić information content (AvgIpc) is 3.15. The van der Waals surface area contributed by atoms with Crippen LogP contribution >= 0.6 is 0 Å². The van der Waals surface area contributed by atoms with Crippen LogP contribution in [0.15, 0.2) is 24.3 Å². The molecule has 0 N–H and O–H groups in total. The highest BCUT2D eigenvalue weighted by Crippen LogP contribution is 2.41. The number of hydrogen-bond donors (Lipinski definition) is 0. The summed E-state index contributed by atoms with van der Waals surface area (Å²) in [7, 11) is 0. The fraction of sp³-hybridized carbons (Fsp3) is 0.733. The minimum absolute atomic E-state index is 0.0667. The Hall–Kier alpha value is -2.24. The summed E-state index contributed by atoms with van der Waals surface area (Å²) in [5, 5.41) is 0. The van der Waals surface area contributed by atoms with Crippen LogP contribution in [0.3, 0.4) is 0 Å². The van der Waals surface area contributed by atoms with Crippen molar-refractivity contribution in [3.63, 3.8) is 0 Å². The summed E-state index contributed by atoms with van der Waals surface area (Å²) in [5.74, 6) is -1.02. The Labute approximate surface area is 308 Å². The first-order valence-corrected chi connectivity index (χ1v) is 21.1. The van der Waals surface area contributed by atoms with Crippen LogP contribution < -0.4 is 9.47 Å². The second-order valence-corrected chi connectivity index (χ2v) is 15.4. The molecule has 0 aliphatic heterocycles. The van der Waals surface area contributed by atoms with E-state index in [4.69, 9.17) is 9.47 Å². The molecule has 0 saturated heterocycles. The second kappa shape index (κ2) is 24.9. The summed E-state index contributed by atoms with van der Waals surface area (Å²) in [5.41, 5.74) is 1.09. The van der Waals surface area contributed by atoms with Crippen LogP contribution in [0.4, 0.5) is 17.6 Å². The van der Waals surface area contributed by atoms with Gasteiger partial charge in [0.25, 0.3) is 0 Å². The number of hydrogen-bond acceptors (Lipinski definition) is 2. The Kier molecular flexibility index (Phi) is 21.1. The molecule has 0 heterocycles. The lowest BCUT2D eigenvalue weighted by molar-refractivity contribution is 0.280. The van der Waals surface area contributed by atoms with Gasteiger partial charge in [0, 0.05) is 0 Å². The minimum atomic E-state index is -0.805. The highest BCUT2D eigenvalue weighted by Gasteiger charge is 2.27. The molecule has 0 radical (unpaired) electrons. The summed E-state index contributed by atoms with van der Waals surface area (Å²) in [4.78, 5) is 0. The normalized spacial score (nSPS) is 20.5. The van der Waals surface area contributed by atoms with Gasteiger partial charge in [0.1, 0.15) is 0 Å². The number of unbranched alkanes of at least 4 members (excludes halogenated alkanes) is 10. The molecule has 2 aliphatic rings. The molecular formula is C45H70F4O2. The predicted octanol–water partition coefficient (Wildman–Crippen LogP) is 15.2. The lowest BCUT2D eigenvalue weighted by atomic mass is 9.77. The van der Waals surface area contributed by atoms with Gasteiger partial charge in [-0.25, -0.2) is 8.78 Å². The van der Waals surface area contributed by atoms with E-state index >= 15 is 0 Å². The van der Waals surface area contributed by atoms with Crippen LogP contribution in [0, 0.1) is 35.1 Å². The molecule has 0 aromatic heterocycles. The van der Waals surface area contributed by atoms with Gasteiger partial charge in [-0.1, -0.05) is 123 Å². The Bertz CT molecular complexity index is 1220. The summed E-state index contributed by atoms with van der Waals surface area (Å²) in [6.07, 6.45) is 25.9. The molecule has 0 unspecified atom stereocenters. The monoisotopic (exact) mass is 719 g/mol. The first-order valence-electron chi connectivity index (χ1n) is 21.1. The highest BCUT2D eigenvalue weighted by atomic mass is 19.2. The second-order valence-electron chi connectivity index (χ2n) is 15.4. The summed E-state index contributed by atoms with van der Waals surface area (Å²) in [6.45, 7) is 9.74. The quantitative estimate of drug-likeness (QED) is 0.0945. The van der Waals surface area contributed by atoms with Crippen LogP contribution in [0.1, 0.15) is 198 Å². The van der Waals surface area contributed by atoms with Crippen molar-refractivity contribution in [3.8, 4) is 11.5 Å². The minimum Gasteiger partial charge on any atom is -0.490 e. The van der Waals surface area contributed by atoms with Gasteiger partial charge in [-0.15, -0.1) is 0 Å². The van der Waals surface area contributed by atoms with E-state index < -0.39 is 23.3 Å². The van der Waals surface area contributed by atoms with Gasteiger partial charge in [-0.2, -0.15) is 8.78 Å². The predicted molar refractivity (Wildman–Crippen MR) is 205 cm³/mol. The molecule has 6 heteroatoms. The zero-order valence-electron chi connectivity index (χ0n) is 32.6. The lowest BCUT2D eigenvalue weighted by Gasteiger charge is -2.29. The van der Waals surface area contributed by atoms with E-state index in [9.17, 15) is 17.6 Å². The largest absolute Gasteiger partial charge is 0.490 e. The third kappa shape index (κ3) is 14.6. The first-order chi connectivity index (χ1) is 24.8. The van der Waals surface area contributed by atoms with Crippen molar-refractivity contribution in [1.29, 1.82) is 0 Å². The van der Waals surface area contributed by atoms with Gasteiger partial charge in [0.15, 0.2) is 23.1 Å². The van der Waals surface area contributed by atoms with Crippen LogP contribution in [-0.2, 0) is 0 Å². The average molecular weight is 719 g/mol. The van der Waals surface area contributed by atoms with E-state index in [2.05, 4.69) is 27.7 Å². The number of ether oxygens (including phenoxy) is 2. The van der Waals surface area contributed by atoms with Crippen molar-refractivity contribution in [1.82, 2.24) is 0 Å². The van der Waals surface area contributed by atoms with Crippen molar-refractivity contribution in [2.45, 2.75) is 187 Å². The maximum Gasteiger partial charge on any atom is 0.200 e. The standard InChI is InChI=1S/C23H36F2O.C22H34F2O/c1-3-5-6-7-8-9-17-26-21-16-15-20(22(24)23(21)25)19-13-11-18(10-4-2)12-14-19;1-3-5-6-7-8-9-16-25-20-15-14-19(21(23)22(20)24)18-12-10-17(4-2)11-13-18/h15-16,18-19H,3-14,17H2,1-2H3;14-15,17-18H,3-13,16H2,1-2H3. The molecular weight excluding hydrogens is 648 g/mol. The molecule has 290 valence electrons. The van der Waals surface area contributed by atoms with Crippen LogP contribution in [0.25, 0.3) is 0 Å². The molecule has 51 heavy (non-hydrogen) atoms. The van der Waals surface area contributed by atoms with Crippen LogP contribution in [0.2, 0.25) is 0 Å². The maximum atomic E-state index is 14.6. The maximum absolute atomic E-state index is 14.6. The number of halogens is 4. The topological polar surface area (TPSA) is 18.5 Å². The molecule has 2 aromatic carbocycles.